The standard InChI is InChI=1S/C12H20O10/c13-3-11-10(18)8(16)6(22-11)2-20-12(4-14)9(17)7(15)5(21-12)1-19-11/h5-10,13-18H,1-4H2/t5-,6-,7-,8-,9+,10+,11-,12+/m1/s1. The van der Waals surface area contributed by atoms with Gasteiger partial charge in [-0.1, -0.05) is 0 Å². The zero-order chi connectivity index (χ0) is 16.1. The second kappa shape index (κ2) is 5.60. The predicted molar refractivity (Wildman–Crippen MR) is 65.3 cm³/mol. The number of rotatable bonds is 2. The normalized spacial score (nSPS) is 55.4. The van der Waals surface area contributed by atoms with Gasteiger partial charge in [0.05, 0.1) is 13.2 Å². The third kappa shape index (κ3) is 2.19. The molecule has 8 atom stereocenters. The number of ether oxygens (including phenoxy) is 4. The molecular formula is C12H20O10. The van der Waals surface area contributed by atoms with E-state index in [1.54, 1.807) is 0 Å². The van der Waals surface area contributed by atoms with Crippen LogP contribution in [0.25, 0.3) is 0 Å². The first-order chi connectivity index (χ1) is 10.4. The van der Waals surface area contributed by atoms with Crippen LogP contribution in [0.4, 0.5) is 0 Å². The minimum Gasteiger partial charge on any atom is -0.391 e. The average Bonchev–Trinajstić information content (AvgIpc) is 2.91. The Balaban J connectivity index is 1.90. The van der Waals surface area contributed by atoms with E-state index < -0.39 is 61.4 Å². The summed E-state index contributed by atoms with van der Waals surface area (Å²) in [6.07, 6.45) is -8.01. The summed E-state index contributed by atoms with van der Waals surface area (Å²) in [7, 11) is 0. The Morgan fingerprint density at radius 2 is 1.09 bits per heavy atom. The van der Waals surface area contributed by atoms with Gasteiger partial charge in [0.25, 0.3) is 0 Å². The van der Waals surface area contributed by atoms with Crippen LogP contribution in [0.15, 0.2) is 0 Å². The van der Waals surface area contributed by atoms with Crippen LogP contribution in [0.2, 0.25) is 0 Å². The number of fused-ring (bicyclic) bond motifs is 4. The fourth-order valence-corrected chi connectivity index (χ4v) is 3.02. The van der Waals surface area contributed by atoms with E-state index in [0.29, 0.717) is 0 Å². The van der Waals surface area contributed by atoms with Crippen molar-refractivity contribution in [3.8, 4) is 0 Å². The molecule has 128 valence electrons. The SMILES string of the molecule is OC[C@]12OC[C@H]3O[C@@](CO)(OC[C@@H](O1)[C@@H](O)[C@@H]2O)[C@@H](O)[C@@H]3O. The molecule has 0 aromatic rings. The molecule has 3 fully saturated rings. The molecule has 22 heavy (non-hydrogen) atoms. The summed E-state index contributed by atoms with van der Waals surface area (Å²) in [6, 6.07) is 0. The number of aliphatic hydroxyl groups excluding tert-OH is 6. The lowest BCUT2D eigenvalue weighted by molar-refractivity contribution is -0.328. The summed E-state index contributed by atoms with van der Waals surface area (Å²) in [4.78, 5) is 0. The Kier molecular flexibility index (Phi) is 4.19. The Bertz CT molecular complexity index is 383. The molecule has 0 amide bonds. The lowest BCUT2D eigenvalue weighted by Gasteiger charge is -2.34. The summed E-state index contributed by atoms with van der Waals surface area (Å²) in [5.74, 6) is -3.74. The molecule has 0 aromatic carbocycles. The zero-order valence-corrected chi connectivity index (χ0v) is 11.6. The molecule has 3 aliphatic rings. The molecule has 10 nitrogen and oxygen atoms in total. The maximum absolute atomic E-state index is 10.0. The van der Waals surface area contributed by atoms with E-state index in [9.17, 15) is 30.6 Å². The highest BCUT2D eigenvalue weighted by Crippen LogP contribution is 2.39. The summed E-state index contributed by atoms with van der Waals surface area (Å²) >= 11 is 0. The smallest absolute Gasteiger partial charge is 0.221 e. The topological polar surface area (TPSA) is 158 Å². The van der Waals surface area contributed by atoms with Gasteiger partial charge in [-0.25, -0.2) is 0 Å². The van der Waals surface area contributed by atoms with Gasteiger partial charge in [0.15, 0.2) is 0 Å². The molecule has 3 saturated heterocycles. The molecular weight excluding hydrogens is 304 g/mol. The molecule has 0 aliphatic carbocycles. The minimum absolute atomic E-state index is 0.361. The summed E-state index contributed by atoms with van der Waals surface area (Å²) in [6.45, 7) is -2.20. The Morgan fingerprint density at radius 3 is 1.41 bits per heavy atom. The van der Waals surface area contributed by atoms with Crippen molar-refractivity contribution in [2.45, 2.75) is 48.2 Å². The van der Waals surface area contributed by atoms with Crippen molar-refractivity contribution in [3.63, 3.8) is 0 Å². The highest BCUT2D eigenvalue weighted by molar-refractivity contribution is 5.01. The van der Waals surface area contributed by atoms with Crippen molar-refractivity contribution in [1.29, 1.82) is 0 Å². The van der Waals surface area contributed by atoms with Crippen LogP contribution in [0.3, 0.4) is 0 Å². The second-order valence-electron chi connectivity index (χ2n) is 5.75. The van der Waals surface area contributed by atoms with Gasteiger partial charge in [0.1, 0.15) is 49.8 Å². The van der Waals surface area contributed by atoms with Gasteiger partial charge in [-0.2, -0.15) is 0 Å². The van der Waals surface area contributed by atoms with Gasteiger partial charge < -0.3 is 49.6 Å². The Morgan fingerprint density at radius 1 is 0.727 bits per heavy atom. The van der Waals surface area contributed by atoms with E-state index in [-0.39, 0.29) is 13.2 Å². The second-order valence-corrected chi connectivity index (χ2v) is 5.75. The lowest BCUT2D eigenvalue weighted by atomic mass is 10.0. The number of aliphatic hydroxyl groups is 6. The highest BCUT2D eigenvalue weighted by Gasteiger charge is 2.61. The number of hydrogen-bond donors (Lipinski definition) is 6. The minimum atomic E-state index is -1.87. The molecule has 0 aromatic heterocycles. The zero-order valence-electron chi connectivity index (χ0n) is 11.6. The molecule has 0 saturated carbocycles. The maximum Gasteiger partial charge on any atom is 0.221 e. The van der Waals surface area contributed by atoms with Crippen molar-refractivity contribution < 1.29 is 49.6 Å². The summed E-state index contributed by atoms with van der Waals surface area (Å²) in [5.41, 5.74) is 0. The van der Waals surface area contributed by atoms with Crippen LogP contribution in [-0.4, -0.2) is 105 Å². The molecule has 0 unspecified atom stereocenters. The molecule has 4 bridgehead atoms. The van der Waals surface area contributed by atoms with Crippen LogP contribution in [-0.2, 0) is 18.9 Å². The van der Waals surface area contributed by atoms with E-state index in [0.717, 1.165) is 0 Å². The van der Waals surface area contributed by atoms with Gasteiger partial charge in [-0.05, 0) is 0 Å². The summed E-state index contributed by atoms with van der Waals surface area (Å²) < 4.78 is 21.5. The van der Waals surface area contributed by atoms with Gasteiger partial charge in [0, 0.05) is 0 Å². The fourth-order valence-electron chi connectivity index (χ4n) is 3.02. The third-order valence-corrected chi connectivity index (χ3v) is 4.44. The molecule has 0 spiro atoms. The van der Waals surface area contributed by atoms with E-state index in [2.05, 4.69) is 0 Å². The molecule has 10 heteroatoms. The first kappa shape index (κ1) is 16.5. The highest BCUT2D eigenvalue weighted by atomic mass is 16.8. The van der Waals surface area contributed by atoms with Crippen molar-refractivity contribution in [3.05, 3.63) is 0 Å². The Labute approximate surface area is 125 Å². The van der Waals surface area contributed by atoms with Crippen molar-refractivity contribution in [2.24, 2.45) is 0 Å². The van der Waals surface area contributed by atoms with E-state index >= 15 is 0 Å². The maximum atomic E-state index is 10.0. The third-order valence-electron chi connectivity index (χ3n) is 4.44. The first-order valence-corrected chi connectivity index (χ1v) is 6.96. The van der Waals surface area contributed by atoms with Crippen LogP contribution in [0, 0.1) is 0 Å². The van der Waals surface area contributed by atoms with Crippen LogP contribution < -0.4 is 0 Å². The average molecular weight is 324 g/mol. The van der Waals surface area contributed by atoms with Crippen molar-refractivity contribution in [2.75, 3.05) is 26.4 Å². The van der Waals surface area contributed by atoms with Gasteiger partial charge in [0.2, 0.25) is 11.6 Å². The fraction of sp³-hybridized carbons (Fsp3) is 1.00. The quantitative estimate of drug-likeness (QED) is 0.293. The van der Waals surface area contributed by atoms with Gasteiger partial charge in [-0.15, -0.1) is 0 Å². The van der Waals surface area contributed by atoms with Crippen molar-refractivity contribution >= 4 is 0 Å². The van der Waals surface area contributed by atoms with Gasteiger partial charge >= 0.3 is 0 Å². The monoisotopic (exact) mass is 324 g/mol. The predicted octanol–water partition coefficient (Wildman–Crippen LogP) is -4.35. The summed E-state index contributed by atoms with van der Waals surface area (Å²) in [5, 5.41) is 59.0. The van der Waals surface area contributed by atoms with Crippen molar-refractivity contribution in [1.82, 2.24) is 0 Å². The first-order valence-electron chi connectivity index (χ1n) is 6.96. The van der Waals surface area contributed by atoms with Crippen LogP contribution >= 0.6 is 0 Å². The lowest BCUT2D eigenvalue weighted by Crippen LogP contribution is -2.50. The Hall–Kier alpha value is -0.400. The number of hydrogen-bond acceptors (Lipinski definition) is 10. The van der Waals surface area contributed by atoms with E-state index in [1.807, 2.05) is 0 Å². The molecule has 6 N–H and O–H groups in total. The largest absolute Gasteiger partial charge is 0.391 e. The molecule has 3 aliphatic heterocycles. The molecule has 3 heterocycles. The molecule has 3 rings (SSSR count). The van der Waals surface area contributed by atoms with Crippen LogP contribution in [0.5, 0.6) is 0 Å². The molecule has 0 radical (unpaired) electrons. The van der Waals surface area contributed by atoms with Gasteiger partial charge in [-0.3, -0.25) is 0 Å². The van der Waals surface area contributed by atoms with Crippen LogP contribution in [0.1, 0.15) is 0 Å². The van der Waals surface area contributed by atoms with E-state index in [4.69, 9.17) is 18.9 Å². The van der Waals surface area contributed by atoms with E-state index in [1.165, 1.54) is 0 Å².